The van der Waals surface area contributed by atoms with Crippen LogP contribution in [0.3, 0.4) is 0 Å². The highest BCUT2D eigenvalue weighted by atomic mass is 32.2. The first-order valence-electron chi connectivity index (χ1n) is 10.1. The van der Waals surface area contributed by atoms with Gasteiger partial charge in [-0.05, 0) is 72.6 Å². The number of nitrogens with zero attached hydrogens (tertiary/aromatic N) is 1. The predicted molar refractivity (Wildman–Crippen MR) is 119 cm³/mol. The maximum Gasteiger partial charge on any atom is 0.293 e. The molecule has 0 unspecified atom stereocenters. The van der Waals surface area contributed by atoms with E-state index in [1.807, 2.05) is 0 Å². The van der Waals surface area contributed by atoms with Crippen molar-refractivity contribution in [2.75, 3.05) is 18.4 Å². The van der Waals surface area contributed by atoms with Crippen LogP contribution in [0.25, 0.3) is 6.08 Å². The van der Waals surface area contributed by atoms with E-state index in [0.29, 0.717) is 16.8 Å². The maximum absolute atomic E-state index is 13.0. The van der Waals surface area contributed by atoms with Gasteiger partial charge in [0.25, 0.3) is 17.1 Å². The number of imide groups is 1. The van der Waals surface area contributed by atoms with Gasteiger partial charge in [0.1, 0.15) is 5.82 Å². The van der Waals surface area contributed by atoms with Gasteiger partial charge < -0.3 is 10.6 Å². The lowest BCUT2D eigenvalue weighted by Crippen LogP contribution is -2.37. The molecule has 1 saturated heterocycles. The summed E-state index contributed by atoms with van der Waals surface area (Å²) < 4.78 is 13.0. The Hall–Kier alpha value is -3.46. The molecule has 1 aliphatic carbocycles. The molecule has 164 valence electrons. The molecular formula is C23H20FN3O4S. The number of carbonyl (C=O) groups excluding carboxylic acids is 4. The van der Waals surface area contributed by atoms with Crippen molar-refractivity contribution in [2.24, 2.45) is 5.92 Å². The first kappa shape index (κ1) is 21.8. The maximum atomic E-state index is 13.0. The van der Waals surface area contributed by atoms with E-state index in [1.54, 1.807) is 24.3 Å². The number of hydrogen-bond donors (Lipinski definition) is 2. The van der Waals surface area contributed by atoms with Gasteiger partial charge in [-0.2, -0.15) is 0 Å². The number of carbonyl (C=O) groups is 4. The zero-order chi connectivity index (χ0) is 22.7. The lowest BCUT2D eigenvalue weighted by Gasteiger charge is -2.13. The number of rotatable bonds is 7. The van der Waals surface area contributed by atoms with Crippen molar-refractivity contribution in [1.29, 1.82) is 0 Å². The molecule has 7 nitrogen and oxygen atoms in total. The van der Waals surface area contributed by atoms with E-state index in [0.717, 1.165) is 29.5 Å². The Morgan fingerprint density at radius 1 is 1.06 bits per heavy atom. The van der Waals surface area contributed by atoms with Crippen LogP contribution in [0.4, 0.5) is 14.9 Å². The third kappa shape index (κ3) is 5.23. The molecule has 2 aromatic rings. The van der Waals surface area contributed by atoms with Gasteiger partial charge in [-0.3, -0.25) is 24.1 Å². The van der Waals surface area contributed by atoms with Crippen molar-refractivity contribution < 1.29 is 23.6 Å². The summed E-state index contributed by atoms with van der Waals surface area (Å²) in [6.45, 7) is 0.133. The van der Waals surface area contributed by atoms with Crippen LogP contribution in [-0.4, -0.2) is 41.0 Å². The normalized spacial score (nSPS) is 17.0. The molecule has 0 spiro atoms. The van der Waals surface area contributed by atoms with Gasteiger partial charge in [-0.15, -0.1) is 0 Å². The largest absolute Gasteiger partial charge is 0.350 e. The van der Waals surface area contributed by atoms with Crippen LogP contribution >= 0.6 is 11.8 Å². The number of thioether (sulfide) groups is 1. The second-order valence-electron chi connectivity index (χ2n) is 7.48. The standard InChI is InChI=1S/C23H20FN3O4S/c24-17-7-1-14(2-8-17)13-19-22(30)27(23(31)32-19)12-11-25-20(28)15-5-9-18(10-6-15)26-21(29)16-3-4-16/h1-2,5-10,13,16H,3-4,11-12H2,(H,25,28)(H,26,29)/b19-13-. The van der Waals surface area contributed by atoms with E-state index in [9.17, 15) is 23.6 Å². The molecule has 32 heavy (non-hydrogen) atoms. The molecule has 0 bridgehead atoms. The number of benzene rings is 2. The number of nitrogens with one attached hydrogen (secondary N) is 2. The van der Waals surface area contributed by atoms with Crippen molar-refractivity contribution in [1.82, 2.24) is 10.2 Å². The van der Waals surface area contributed by atoms with Crippen molar-refractivity contribution in [3.8, 4) is 0 Å². The minimum absolute atomic E-state index is 0.00661. The zero-order valence-electron chi connectivity index (χ0n) is 17.0. The molecule has 2 N–H and O–H groups in total. The first-order chi connectivity index (χ1) is 15.4. The summed E-state index contributed by atoms with van der Waals surface area (Å²) >= 11 is 0.806. The first-order valence-corrected chi connectivity index (χ1v) is 10.9. The highest BCUT2D eigenvalue weighted by Crippen LogP contribution is 2.32. The van der Waals surface area contributed by atoms with Crippen LogP contribution in [0, 0.1) is 11.7 Å². The van der Waals surface area contributed by atoms with Crippen molar-refractivity contribution in [2.45, 2.75) is 12.8 Å². The molecule has 1 heterocycles. The van der Waals surface area contributed by atoms with Gasteiger partial charge in [0.15, 0.2) is 0 Å². The average molecular weight is 453 g/mol. The summed E-state index contributed by atoms with van der Waals surface area (Å²) in [6, 6.07) is 12.1. The fourth-order valence-corrected chi connectivity index (χ4v) is 3.95. The number of amides is 4. The SMILES string of the molecule is O=C(NCCN1C(=O)S/C(=C\c2ccc(F)cc2)C1=O)c1ccc(NC(=O)C2CC2)cc1. The van der Waals surface area contributed by atoms with Crippen LogP contribution in [-0.2, 0) is 9.59 Å². The average Bonchev–Trinajstić information content (AvgIpc) is 3.59. The number of halogens is 1. The quantitative estimate of drug-likeness (QED) is 0.624. The monoisotopic (exact) mass is 453 g/mol. The highest BCUT2D eigenvalue weighted by molar-refractivity contribution is 8.18. The second kappa shape index (κ2) is 9.35. The zero-order valence-corrected chi connectivity index (χ0v) is 17.8. The van der Waals surface area contributed by atoms with Crippen LogP contribution < -0.4 is 10.6 Å². The number of hydrogen-bond acceptors (Lipinski definition) is 5. The lowest BCUT2D eigenvalue weighted by molar-refractivity contribution is -0.122. The fraction of sp³-hybridized carbons (Fsp3) is 0.217. The van der Waals surface area contributed by atoms with E-state index < -0.39 is 11.1 Å². The topological polar surface area (TPSA) is 95.6 Å². The molecule has 2 fully saturated rings. The van der Waals surface area contributed by atoms with Crippen LogP contribution in [0.1, 0.15) is 28.8 Å². The van der Waals surface area contributed by atoms with Crippen LogP contribution in [0.2, 0.25) is 0 Å². The molecule has 0 aromatic heterocycles. The summed E-state index contributed by atoms with van der Waals surface area (Å²) in [6.07, 6.45) is 3.36. The Bertz CT molecular complexity index is 1100. The van der Waals surface area contributed by atoms with Crippen molar-refractivity contribution in [3.05, 3.63) is 70.4 Å². The minimum Gasteiger partial charge on any atom is -0.350 e. The number of anilines is 1. The summed E-state index contributed by atoms with van der Waals surface area (Å²) in [5.74, 6) is -1.09. The van der Waals surface area contributed by atoms with Gasteiger partial charge in [-0.25, -0.2) is 4.39 Å². The Labute approximate surface area is 188 Å². The van der Waals surface area contributed by atoms with Gasteiger partial charge in [-0.1, -0.05) is 12.1 Å². The molecule has 9 heteroatoms. The molecular weight excluding hydrogens is 433 g/mol. The van der Waals surface area contributed by atoms with E-state index in [-0.39, 0.29) is 41.5 Å². The summed E-state index contributed by atoms with van der Waals surface area (Å²) in [5, 5.41) is 5.07. The molecule has 0 radical (unpaired) electrons. The van der Waals surface area contributed by atoms with Gasteiger partial charge in [0, 0.05) is 30.3 Å². The van der Waals surface area contributed by atoms with E-state index in [1.165, 1.54) is 30.3 Å². The summed E-state index contributed by atoms with van der Waals surface area (Å²) in [7, 11) is 0. The van der Waals surface area contributed by atoms with Gasteiger partial charge in [0.05, 0.1) is 4.91 Å². The van der Waals surface area contributed by atoms with Gasteiger partial charge in [0.2, 0.25) is 5.91 Å². The van der Waals surface area contributed by atoms with E-state index >= 15 is 0 Å². The predicted octanol–water partition coefficient (Wildman–Crippen LogP) is 3.64. The van der Waals surface area contributed by atoms with E-state index in [4.69, 9.17) is 0 Å². The van der Waals surface area contributed by atoms with Crippen LogP contribution in [0.15, 0.2) is 53.4 Å². The Morgan fingerprint density at radius 2 is 1.75 bits per heavy atom. The molecule has 4 rings (SSSR count). The fourth-order valence-electron chi connectivity index (χ4n) is 3.08. The molecule has 2 aromatic carbocycles. The summed E-state index contributed by atoms with van der Waals surface area (Å²) in [4.78, 5) is 50.1. The highest BCUT2D eigenvalue weighted by Gasteiger charge is 2.34. The molecule has 2 aliphatic rings. The van der Waals surface area contributed by atoms with Crippen molar-refractivity contribution >= 4 is 46.5 Å². The molecule has 1 saturated carbocycles. The van der Waals surface area contributed by atoms with Crippen molar-refractivity contribution in [3.63, 3.8) is 0 Å². The Morgan fingerprint density at radius 3 is 2.41 bits per heavy atom. The molecule has 1 aliphatic heterocycles. The second-order valence-corrected chi connectivity index (χ2v) is 8.47. The third-order valence-corrected chi connectivity index (χ3v) is 5.93. The Balaban J connectivity index is 1.28. The third-order valence-electron chi connectivity index (χ3n) is 5.03. The van der Waals surface area contributed by atoms with Gasteiger partial charge >= 0.3 is 0 Å². The minimum atomic E-state index is -0.450. The Kier molecular flexibility index (Phi) is 6.36. The summed E-state index contributed by atoms with van der Waals surface area (Å²) in [5.41, 5.74) is 1.64. The molecule has 0 atom stereocenters. The lowest BCUT2D eigenvalue weighted by atomic mass is 10.2. The molecule has 4 amide bonds. The smallest absolute Gasteiger partial charge is 0.293 e. The van der Waals surface area contributed by atoms with Crippen LogP contribution in [0.5, 0.6) is 0 Å². The van der Waals surface area contributed by atoms with E-state index in [2.05, 4.69) is 10.6 Å².